The number of nitrogens with zero attached hydrogens (tertiary/aromatic N) is 2. The van der Waals surface area contributed by atoms with Gasteiger partial charge in [0.15, 0.2) is 0 Å². The predicted octanol–water partition coefficient (Wildman–Crippen LogP) is 2.75. The topological polar surface area (TPSA) is 102 Å². The fourth-order valence-corrected chi connectivity index (χ4v) is 3.11. The van der Waals surface area contributed by atoms with Gasteiger partial charge in [-0.05, 0) is 25.1 Å². The van der Waals surface area contributed by atoms with Crippen LogP contribution in [0.25, 0.3) is 0 Å². The Bertz CT molecular complexity index is 791. The molecule has 0 bridgehead atoms. The predicted molar refractivity (Wildman–Crippen MR) is 77.9 cm³/mol. The van der Waals surface area contributed by atoms with Gasteiger partial charge in [0.2, 0.25) is 0 Å². The molecule has 0 unspecified atom stereocenters. The molecule has 9 heteroatoms. The van der Waals surface area contributed by atoms with Crippen LogP contribution < -0.4 is 4.72 Å². The van der Waals surface area contributed by atoms with Crippen molar-refractivity contribution in [2.24, 2.45) is 0 Å². The maximum absolute atomic E-state index is 12.2. The van der Waals surface area contributed by atoms with Crippen molar-refractivity contribution in [2.45, 2.75) is 11.8 Å². The number of benzene rings is 1. The van der Waals surface area contributed by atoms with Gasteiger partial charge in [-0.2, -0.15) is 0 Å². The number of sulfonamides is 1. The number of nitro groups is 1. The first-order valence-electron chi connectivity index (χ1n) is 5.69. The van der Waals surface area contributed by atoms with Crippen molar-refractivity contribution in [3.05, 3.63) is 57.4 Å². The van der Waals surface area contributed by atoms with Crippen LogP contribution in [0.3, 0.4) is 0 Å². The molecule has 0 radical (unpaired) electrons. The average Bonchev–Trinajstić information content (AvgIpc) is 2.41. The van der Waals surface area contributed by atoms with E-state index in [-0.39, 0.29) is 21.3 Å². The summed E-state index contributed by atoms with van der Waals surface area (Å²) >= 11 is 5.82. The van der Waals surface area contributed by atoms with Crippen LogP contribution in [0.2, 0.25) is 5.02 Å². The minimum atomic E-state index is -4.04. The lowest BCUT2D eigenvalue weighted by molar-refractivity contribution is -0.385. The van der Waals surface area contributed by atoms with Gasteiger partial charge < -0.3 is 0 Å². The van der Waals surface area contributed by atoms with E-state index in [1.165, 1.54) is 18.3 Å². The third kappa shape index (κ3) is 3.47. The Balaban J connectivity index is 2.41. The molecule has 21 heavy (non-hydrogen) atoms. The minimum Gasteiger partial charge on any atom is -0.278 e. The number of nitrogens with one attached hydrogen (secondary N) is 1. The smallest absolute Gasteiger partial charge is 0.270 e. The largest absolute Gasteiger partial charge is 0.278 e. The molecule has 0 saturated carbocycles. The maximum Gasteiger partial charge on any atom is 0.270 e. The molecule has 2 rings (SSSR count). The molecule has 1 aromatic heterocycles. The van der Waals surface area contributed by atoms with Crippen molar-refractivity contribution >= 4 is 33.0 Å². The highest BCUT2D eigenvalue weighted by Crippen LogP contribution is 2.27. The first-order valence-corrected chi connectivity index (χ1v) is 7.55. The van der Waals surface area contributed by atoms with Gasteiger partial charge in [-0.1, -0.05) is 11.6 Å². The van der Waals surface area contributed by atoms with Gasteiger partial charge in [-0.15, -0.1) is 0 Å². The molecule has 7 nitrogen and oxygen atoms in total. The quantitative estimate of drug-likeness (QED) is 0.687. The van der Waals surface area contributed by atoms with Crippen molar-refractivity contribution in [1.82, 2.24) is 4.98 Å². The Labute approximate surface area is 125 Å². The lowest BCUT2D eigenvalue weighted by Crippen LogP contribution is -2.14. The molecule has 1 aromatic carbocycles. The van der Waals surface area contributed by atoms with E-state index in [4.69, 9.17) is 11.6 Å². The summed E-state index contributed by atoms with van der Waals surface area (Å²) in [6.07, 6.45) is 1.35. The van der Waals surface area contributed by atoms with Gasteiger partial charge in [0.1, 0.15) is 4.90 Å². The second-order valence-electron chi connectivity index (χ2n) is 4.17. The number of halogens is 1. The SMILES string of the molecule is Cc1ccc(NS(=O)(=O)c2cc([N+](=O)[O-])ccc2Cl)cn1. The Morgan fingerprint density at radius 3 is 2.57 bits per heavy atom. The van der Waals surface area contributed by atoms with E-state index in [1.54, 1.807) is 13.0 Å². The minimum absolute atomic E-state index is 0.104. The zero-order valence-electron chi connectivity index (χ0n) is 10.8. The second kappa shape index (κ2) is 5.66. The van der Waals surface area contributed by atoms with Crippen LogP contribution >= 0.6 is 11.6 Å². The Morgan fingerprint density at radius 2 is 2.00 bits per heavy atom. The third-order valence-electron chi connectivity index (χ3n) is 2.58. The van der Waals surface area contributed by atoms with Crippen LogP contribution in [0.4, 0.5) is 11.4 Å². The van der Waals surface area contributed by atoms with E-state index < -0.39 is 14.9 Å². The zero-order valence-corrected chi connectivity index (χ0v) is 12.4. The van der Waals surface area contributed by atoms with Crippen LogP contribution in [0.5, 0.6) is 0 Å². The molecule has 1 N–H and O–H groups in total. The molecule has 1 heterocycles. The first kappa shape index (κ1) is 15.2. The van der Waals surface area contributed by atoms with Crippen LogP contribution in [-0.4, -0.2) is 18.3 Å². The van der Waals surface area contributed by atoms with Gasteiger partial charge >= 0.3 is 0 Å². The van der Waals surface area contributed by atoms with E-state index in [0.717, 1.165) is 17.8 Å². The molecular weight excluding hydrogens is 318 g/mol. The molecule has 2 aromatic rings. The molecule has 0 spiro atoms. The number of nitro benzene ring substituents is 1. The molecule has 0 aliphatic carbocycles. The number of non-ortho nitro benzene ring substituents is 1. The van der Waals surface area contributed by atoms with Gasteiger partial charge in [0, 0.05) is 17.8 Å². The second-order valence-corrected chi connectivity index (χ2v) is 6.22. The zero-order chi connectivity index (χ0) is 15.6. The number of hydrogen-bond donors (Lipinski definition) is 1. The van der Waals surface area contributed by atoms with Crippen LogP contribution in [-0.2, 0) is 10.0 Å². The lowest BCUT2D eigenvalue weighted by Gasteiger charge is -2.09. The number of hydrogen-bond acceptors (Lipinski definition) is 5. The van der Waals surface area contributed by atoms with Gasteiger partial charge in [-0.25, -0.2) is 8.42 Å². The summed E-state index contributed by atoms with van der Waals surface area (Å²) in [5.41, 5.74) is 0.608. The van der Waals surface area contributed by atoms with Gasteiger partial charge in [0.25, 0.3) is 15.7 Å². The first-order chi connectivity index (χ1) is 9.79. The summed E-state index contributed by atoms with van der Waals surface area (Å²) in [7, 11) is -4.04. The third-order valence-corrected chi connectivity index (χ3v) is 4.44. The maximum atomic E-state index is 12.2. The highest BCUT2D eigenvalue weighted by Gasteiger charge is 2.21. The average molecular weight is 328 g/mol. The van der Waals surface area contributed by atoms with Gasteiger partial charge in [-0.3, -0.25) is 19.8 Å². The molecular formula is C12H10ClN3O4S. The highest BCUT2D eigenvalue weighted by molar-refractivity contribution is 7.92. The fourth-order valence-electron chi connectivity index (χ4n) is 1.55. The van der Waals surface area contributed by atoms with Crippen LogP contribution in [0, 0.1) is 17.0 Å². The molecule has 0 saturated heterocycles. The molecule has 110 valence electrons. The molecule has 0 atom stereocenters. The van der Waals surface area contributed by atoms with Crippen molar-refractivity contribution in [3.63, 3.8) is 0 Å². The highest BCUT2D eigenvalue weighted by atomic mass is 35.5. The summed E-state index contributed by atoms with van der Waals surface area (Å²) in [5, 5.41) is 10.6. The monoisotopic (exact) mass is 327 g/mol. The number of aromatic nitrogens is 1. The summed E-state index contributed by atoms with van der Waals surface area (Å²) in [6.45, 7) is 1.76. The van der Waals surface area contributed by atoms with E-state index in [2.05, 4.69) is 9.71 Å². The number of aryl methyl sites for hydroxylation is 1. The van der Waals surface area contributed by atoms with Crippen LogP contribution in [0.15, 0.2) is 41.4 Å². The lowest BCUT2D eigenvalue weighted by atomic mass is 10.3. The summed E-state index contributed by atoms with van der Waals surface area (Å²) < 4.78 is 26.7. The Morgan fingerprint density at radius 1 is 1.29 bits per heavy atom. The van der Waals surface area contributed by atoms with E-state index in [1.807, 2.05) is 0 Å². The number of pyridine rings is 1. The standard InChI is InChI=1S/C12H10ClN3O4S/c1-8-2-3-9(7-14-8)15-21(19,20)12-6-10(16(17)18)4-5-11(12)13/h2-7,15H,1H3. The van der Waals surface area contributed by atoms with E-state index >= 15 is 0 Å². The molecule has 0 aliphatic heterocycles. The van der Waals surface area contributed by atoms with Crippen molar-refractivity contribution < 1.29 is 13.3 Å². The molecule has 0 amide bonds. The molecule has 0 fully saturated rings. The van der Waals surface area contributed by atoms with E-state index in [0.29, 0.717) is 0 Å². The summed E-state index contributed by atoms with van der Waals surface area (Å²) in [4.78, 5) is 13.6. The van der Waals surface area contributed by atoms with Gasteiger partial charge in [0.05, 0.1) is 21.8 Å². The normalized spacial score (nSPS) is 11.1. The van der Waals surface area contributed by atoms with Crippen molar-refractivity contribution in [3.8, 4) is 0 Å². The van der Waals surface area contributed by atoms with Crippen LogP contribution in [0.1, 0.15) is 5.69 Å². The van der Waals surface area contributed by atoms with Crippen molar-refractivity contribution in [2.75, 3.05) is 4.72 Å². The Kier molecular flexibility index (Phi) is 4.10. The summed E-state index contributed by atoms with van der Waals surface area (Å²) in [6, 6.07) is 6.38. The van der Waals surface area contributed by atoms with Crippen molar-refractivity contribution in [1.29, 1.82) is 0 Å². The van der Waals surface area contributed by atoms with E-state index in [9.17, 15) is 18.5 Å². The number of anilines is 1. The fraction of sp³-hybridized carbons (Fsp3) is 0.0833. The number of rotatable bonds is 4. The molecule has 0 aliphatic rings. The Hall–Kier alpha value is -2.19. The summed E-state index contributed by atoms with van der Waals surface area (Å²) in [5.74, 6) is 0.